The highest BCUT2D eigenvalue weighted by Gasteiger charge is 2.28. The lowest BCUT2D eigenvalue weighted by Crippen LogP contribution is -2.20. The van der Waals surface area contributed by atoms with Gasteiger partial charge in [-0.15, -0.1) is 0 Å². The Morgan fingerprint density at radius 2 is 1.65 bits per heavy atom. The third-order valence-electron chi connectivity index (χ3n) is 3.00. The van der Waals surface area contributed by atoms with E-state index in [1.807, 2.05) is 0 Å². The average molecular weight is 309 g/mol. The lowest BCUT2D eigenvalue weighted by molar-refractivity contribution is 0.0656. The lowest BCUT2D eigenvalue weighted by Gasteiger charge is -2.27. The van der Waals surface area contributed by atoms with Crippen LogP contribution in [-0.4, -0.2) is 13.2 Å². The first-order valence-corrected chi connectivity index (χ1v) is 6.37. The van der Waals surface area contributed by atoms with E-state index < -0.39 is 22.3 Å². The normalized spacial score (nSPS) is 19.3. The van der Waals surface area contributed by atoms with Gasteiger partial charge in [-0.1, -0.05) is 15.9 Å². The number of hydrogen-bond acceptors (Lipinski definition) is 1. The first-order chi connectivity index (χ1) is 8.09. The quantitative estimate of drug-likeness (QED) is 0.751. The number of halogens is 4. The van der Waals surface area contributed by atoms with Crippen molar-refractivity contribution in [2.24, 2.45) is 5.92 Å². The highest BCUT2D eigenvalue weighted by Crippen LogP contribution is 2.39. The van der Waals surface area contributed by atoms with E-state index in [0.29, 0.717) is 25.3 Å². The minimum atomic E-state index is -0.893. The molecule has 1 heterocycles. The molecule has 0 aliphatic carbocycles. The lowest BCUT2D eigenvalue weighted by atomic mass is 9.91. The second kappa shape index (κ2) is 5.40. The minimum absolute atomic E-state index is 0.0849. The van der Waals surface area contributed by atoms with Gasteiger partial charge in [0.2, 0.25) is 0 Å². The number of alkyl halides is 1. The highest BCUT2D eigenvalue weighted by atomic mass is 79.9. The van der Waals surface area contributed by atoms with Crippen molar-refractivity contribution in [3.8, 4) is 0 Å². The summed E-state index contributed by atoms with van der Waals surface area (Å²) in [5, 5.41) is 0. The van der Waals surface area contributed by atoms with Crippen LogP contribution in [-0.2, 0) is 4.74 Å². The van der Waals surface area contributed by atoms with Gasteiger partial charge in [-0.2, -0.15) is 0 Å². The van der Waals surface area contributed by atoms with Crippen LogP contribution in [0.1, 0.15) is 23.2 Å². The minimum Gasteiger partial charge on any atom is -0.381 e. The molecule has 0 radical (unpaired) electrons. The Hall–Kier alpha value is -0.550. The van der Waals surface area contributed by atoms with Crippen LogP contribution >= 0.6 is 15.9 Å². The van der Waals surface area contributed by atoms with Gasteiger partial charge in [0.1, 0.15) is 17.5 Å². The molecule has 17 heavy (non-hydrogen) atoms. The zero-order chi connectivity index (χ0) is 12.4. The van der Waals surface area contributed by atoms with E-state index in [4.69, 9.17) is 4.74 Å². The Labute approximate surface area is 106 Å². The van der Waals surface area contributed by atoms with E-state index in [9.17, 15) is 13.2 Å². The summed E-state index contributed by atoms with van der Waals surface area (Å²) < 4.78 is 45.1. The van der Waals surface area contributed by atoms with Gasteiger partial charge in [-0.05, 0) is 18.8 Å². The van der Waals surface area contributed by atoms with Crippen molar-refractivity contribution in [2.75, 3.05) is 13.2 Å². The summed E-state index contributed by atoms with van der Waals surface area (Å²) in [6.45, 7) is 1.19. The fraction of sp³-hybridized carbons (Fsp3) is 0.500. The first kappa shape index (κ1) is 12.9. The largest absolute Gasteiger partial charge is 0.381 e. The average Bonchev–Trinajstić information content (AvgIpc) is 2.28. The van der Waals surface area contributed by atoms with Crippen LogP contribution in [0.25, 0.3) is 0 Å². The van der Waals surface area contributed by atoms with Crippen molar-refractivity contribution in [2.45, 2.75) is 17.7 Å². The molecule has 1 aromatic rings. The summed E-state index contributed by atoms with van der Waals surface area (Å²) >= 11 is 3.32. The Morgan fingerprint density at radius 3 is 2.18 bits per heavy atom. The second-order valence-corrected chi connectivity index (χ2v) is 5.12. The molecule has 1 saturated heterocycles. The molecule has 1 aliphatic heterocycles. The summed E-state index contributed by atoms with van der Waals surface area (Å²) in [6, 6.07) is 1.43. The van der Waals surface area contributed by atoms with Crippen molar-refractivity contribution in [3.05, 3.63) is 35.1 Å². The van der Waals surface area contributed by atoms with Gasteiger partial charge in [0.05, 0.1) is 0 Å². The van der Waals surface area contributed by atoms with E-state index in [1.165, 1.54) is 0 Å². The Morgan fingerprint density at radius 1 is 1.12 bits per heavy atom. The van der Waals surface area contributed by atoms with Crippen LogP contribution in [0, 0.1) is 23.4 Å². The number of ether oxygens (including phenoxy) is 1. The fourth-order valence-corrected chi connectivity index (χ4v) is 3.03. The van der Waals surface area contributed by atoms with Crippen LogP contribution in [0.2, 0.25) is 0 Å². The van der Waals surface area contributed by atoms with Gasteiger partial charge in [-0.3, -0.25) is 0 Å². The highest BCUT2D eigenvalue weighted by molar-refractivity contribution is 9.09. The van der Waals surface area contributed by atoms with E-state index in [1.54, 1.807) is 0 Å². The summed E-state index contributed by atoms with van der Waals surface area (Å²) in [5.41, 5.74) is -0.0849. The molecule has 1 fully saturated rings. The van der Waals surface area contributed by atoms with Crippen LogP contribution in [0.3, 0.4) is 0 Å². The Bertz CT molecular complexity index is 382. The molecule has 1 nitrogen and oxygen atoms in total. The van der Waals surface area contributed by atoms with Crippen LogP contribution in [0.15, 0.2) is 12.1 Å². The van der Waals surface area contributed by atoms with Crippen LogP contribution < -0.4 is 0 Å². The summed E-state index contributed by atoms with van der Waals surface area (Å²) in [5.74, 6) is -2.46. The molecular formula is C12H12BrF3O. The molecule has 0 saturated carbocycles. The maximum absolute atomic E-state index is 13.6. The van der Waals surface area contributed by atoms with E-state index in [0.717, 1.165) is 12.8 Å². The molecule has 0 aromatic heterocycles. The molecule has 0 N–H and O–H groups in total. The monoisotopic (exact) mass is 308 g/mol. The molecule has 0 spiro atoms. The zero-order valence-corrected chi connectivity index (χ0v) is 10.6. The van der Waals surface area contributed by atoms with Crippen molar-refractivity contribution in [3.63, 3.8) is 0 Å². The zero-order valence-electron chi connectivity index (χ0n) is 9.06. The number of hydrogen-bond donors (Lipinski definition) is 0. The maximum atomic E-state index is 13.6. The summed E-state index contributed by atoms with van der Waals surface area (Å²) in [6.07, 6.45) is 1.48. The predicted octanol–water partition coefficient (Wildman–Crippen LogP) is 3.97. The van der Waals surface area contributed by atoms with Crippen molar-refractivity contribution < 1.29 is 17.9 Å². The molecular weight excluding hydrogens is 297 g/mol. The van der Waals surface area contributed by atoms with Gasteiger partial charge >= 0.3 is 0 Å². The molecule has 2 rings (SSSR count). The Balaban J connectivity index is 2.26. The van der Waals surface area contributed by atoms with Crippen LogP contribution in [0.4, 0.5) is 13.2 Å². The van der Waals surface area contributed by atoms with E-state index in [-0.39, 0.29) is 11.5 Å². The SMILES string of the molecule is Fc1cc(F)c(C(Br)C2CCOCC2)c(F)c1. The molecule has 1 atom stereocenters. The number of benzene rings is 1. The molecule has 1 aromatic carbocycles. The third-order valence-corrected chi connectivity index (χ3v) is 4.20. The van der Waals surface area contributed by atoms with Crippen molar-refractivity contribution in [1.29, 1.82) is 0 Å². The Kier molecular flexibility index (Phi) is 4.09. The predicted molar refractivity (Wildman–Crippen MR) is 61.5 cm³/mol. The van der Waals surface area contributed by atoms with Gasteiger partial charge in [-0.25, -0.2) is 13.2 Å². The van der Waals surface area contributed by atoms with Gasteiger partial charge < -0.3 is 4.74 Å². The molecule has 5 heteroatoms. The fourth-order valence-electron chi connectivity index (χ4n) is 2.06. The third kappa shape index (κ3) is 2.83. The van der Waals surface area contributed by atoms with E-state index in [2.05, 4.69) is 15.9 Å². The molecule has 94 valence electrons. The first-order valence-electron chi connectivity index (χ1n) is 5.46. The second-order valence-electron chi connectivity index (χ2n) is 4.13. The molecule has 1 unspecified atom stereocenters. The summed E-state index contributed by atoms with van der Waals surface area (Å²) in [4.78, 5) is -0.438. The van der Waals surface area contributed by atoms with Gasteiger partial charge in [0.25, 0.3) is 0 Å². The van der Waals surface area contributed by atoms with E-state index >= 15 is 0 Å². The smallest absolute Gasteiger partial charge is 0.133 e. The summed E-state index contributed by atoms with van der Waals surface area (Å²) in [7, 11) is 0. The molecule has 0 amide bonds. The van der Waals surface area contributed by atoms with Gasteiger partial charge in [0.15, 0.2) is 0 Å². The van der Waals surface area contributed by atoms with Crippen molar-refractivity contribution in [1.82, 2.24) is 0 Å². The number of rotatable bonds is 2. The molecule has 1 aliphatic rings. The maximum Gasteiger partial charge on any atom is 0.133 e. The van der Waals surface area contributed by atoms with Crippen molar-refractivity contribution >= 4 is 15.9 Å². The van der Waals surface area contributed by atoms with Gasteiger partial charge in [0, 0.05) is 35.7 Å². The topological polar surface area (TPSA) is 9.23 Å². The standard InChI is InChI=1S/C12H12BrF3O/c13-12(7-1-3-17-4-2-7)11-9(15)5-8(14)6-10(11)16/h5-7,12H,1-4H2. The van der Waals surface area contributed by atoms with Crippen LogP contribution in [0.5, 0.6) is 0 Å². The molecule has 0 bridgehead atoms.